The van der Waals surface area contributed by atoms with Crippen molar-refractivity contribution in [1.29, 1.82) is 0 Å². The molecular formula is C14H28N2O4S. The van der Waals surface area contributed by atoms with Gasteiger partial charge in [-0.1, -0.05) is 27.2 Å². The summed E-state index contributed by atoms with van der Waals surface area (Å²) in [4.78, 5) is 12.6. The number of nitrogens with one attached hydrogen (secondary N) is 1. The van der Waals surface area contributed by atoms with E-state index in [0.717, 1.165) is 12.8 Å². The van der Waals surface area contributed by atoms with Gasteiger partial charge in [-0.05, 0) is 31.7 Å². The van der Waals surface area contributed by atoms with Crippen LogP contribution in [0.15, 0.2) is 0 Å². The van der Waals surface area contributed by atoms with Crippen LogP contribution in [-0.4, -0.2) is 55.3 Å². The predicted octanol–water partition coefficient (Wildman–Crippen LogP) is 1.28. The van der Waals surface area contributed by atoms with Crippen molar-refractivity contribution in [3.8, 4) is 0 Å². The molecule has 7 heteroatoms. The van der Waals surface area contributed by atoms with Gasteiger partial charge in [-0.3, -0.25) is 9.69 Å². The number of aliphatic carboxylic acids is 1. The molecule has 0 bridgehead atoms. The fourth-order valence-corrected chi connectivity index (χ4v) is 4.62. The molecule has 1 atom stereocenters. The summed E-state index contributed by atoms with van der Waals surface area (Å²) in [5.74, 6) is -0.494. The lowest BCUT2D eigenvalue weighted by molar-refractivity contribution is -0.139. The third-order valence-corrected chi connectivity index (χ3v) is 5.71. The van der Waals surface area contributed by atoms with Crippen LogP contribution in [0.4, 0.5) is 0 Å². The number of carboxylic acid groups (broad SMARTS) is 1. The van der Waals surface area contributed by atoms with Crippen LogP contribution >= 0.6 is 0 Å². The van der Waals surface area contributed by atoms with Crippen LogP contribution in [0.3, 0.4) is 0 Å². The van der Waals surface area contributed by atoms with Crippen LogP contribution in [0.5, 0.6) is 0 Å². The largest absolute Gasteiger partial charge is 0.480 e. The maximum Gasteiger partial charge on any atom is 0.317 e. The van der Waals surface area contributed by atoms with E-state index in [1.807, 2.05) is 18.7 Å². The Balaban J connectivity index is 2.38. The van der Waals surface area contributed by atoms with Gasteiger partial charge < -0.3 is 5.11 Å². The van der Waals surface area contributed by atoms with E-state index >= 15 is 0 Å². The van der Waals surface area contributed by atoms with Gasteiger partial charge >= 0.3 is 5.97 Å². The average Bonchev–Trinajstić information content (AvgIpc) is 2.30. The van der Waals surface area contributed by atoms with E-state index in [1.54, 1.807) is 0 Å². The zero-order valence-corrected chi connectivity index (χ0v) is 14.0. The minimum absolute atomic E-state index is 0.0220. The Kier molecular flexibility index (Phi) is 7.09. The van der Waals surface area contributed by atoms with Crippen molar-refractivity contribution in [2.24, 2.45) is 5.92 Å². The molecule has 124 valence electrons. The smallest absolute Gasteiger partial charge is 0.317 e. The summed E-state index contributed by atoms with van der Waals surface area (Å²) < 4.78 is 26.8. The number of nitrogens with zero attached hydrogens (tertiary/aromatic N) is 1. The number of carbonyl (C=O) groups is 1. The first-order chi connectivity index (χ1) is 9.77. The fourth-order valence-electron chi connectivity index (χ4n) is 2.91. The maximum atomic E-state index is 12.0. The van der Waals surface area contributed by atoms with E-state index in [1.165, 1.54) is 0 Å². The first-order valence-corrected chi connectivity index (χ1v) is 9.38. The van der Waals surface area contributed by atoms with E-state index in [0.29, 0.717) is 19.4 Å². The Morgan fingerprint density at radius 3 is 2.48 bits per heavy atom. The second-order valence-electron chi connectivity index (χ2n) is 6.07. The van der Waals surface area contributed by atoms with Gasteiger partial charge in [-0.2, -0.15) is 0 Å². The van der Waals surface area contributed by atoms with Crippen molar-refractivity contribution in [1.82, 2.24) is 9.62 Å². The Hall–Kier alpha value is -0.660. The molecule has 0 radical (unpaired) electrons. The normalized spacial score (nSPS) is 23.8. The zero-order chi connectivity index (χ0) is 16.0. The molecule has 1 saturated carbocycles. The van der Waals surface area contributed by atoms with Crippen LogP contribution in [0.25, 0.3) is 0 Å². The molecule has 1 aliphatic rings. The Morgan fingerprint density at radius 1 is 1.38 bits per heavy atom. The summed E-state index contributed by atoms with van der Waals surface area (Å²) in [5, 5.41) is 8.83. The number of hydrogen-bond acceptors (Lipinski definition) is 4. The van der Waals surface area contributed by atoms with Crippen molar-refractivity contribution >= 4 is 16.0 Å². The van der Waals surface area contributed by atoms with Gasteiger partial charge in [0.1, 0.15) is 0 Å². The Morgan fingerprint density at radius 2 is 2.00 bits per heavy atom. The minimum Gasteiger partial charge on any atom is -0.480 e. The molecule has 1 unspecified atom stereocenters. The molecule has 0 amide bonds. The van der Waals surface area contributed by atoms with E-state index in [9.17, 15) is 13.2 Å². The Labute approximate surface area is 128 Å². The quantitative estimate of drug-likeness (QED) is 0.633. The standard InChI is InChI=1S/C14H28N2O4S/c1-4-6-11(3)10-21(19,20)15-12-7-13(8-12)16(5-2)9-14(17)18/h11-13,15H,4-10H2,1-3H3,(H,17,18). The van der Waals surface area contributed by atoms with Gasteiger partial charge in [0.15, 0.2) is 0 Å². The molecule has 0 heterocycles. The molecule has 1 rings (SSSR count). The highest BCUT2D eigenvalue weighted by atomic mass is 32.2. The van der Waals surface area contributed by atoms with Crippen molar-refractivity contribution in [2.75, 3.05) is 18.8 Å². The van der Waals surface area contributed by atoms with Crippen LogP contribution in [-0.2, 0) is 14.8 Å². The highest BCUT2D eigenvalue weighted by Crippen LogP contribution is 2.26. The van der Waals surface area contributed by atoms with Crippen molar-refractivity contribution in [3.63, 3.8) is 0 Å². The number of rotatable bonds is 10. The van der Waals surface area contributed by atoms with Crippen molar-refractivity contribution in [2.45, 2.75) is 58.5 Å². The minimum atomic E-state index is -3.23. The Bertz CT molecular complexity index is 432. The third-order valence-electron chi connectivity index (χ3n) is 4.01. The number of hydrogen-bond donors (Lipinski definition) is 2. The lowest BCUT2D eigenvalue weighted by Gasteiger charge is -2.42. The average molecular weight is 320 g/mol. The third kappa shape index (κ3) is 6.32. The van der Waals surface area contributed by atoms with Gasteiger partial charge in [0.05, 0.1) is 12.3 Å². The highest BCUT2D eigenvalue weighted by Gasteiger charge is 2.36. The topological polar surface area (TPSA) is 86.7 Å². The summed E-state index contributed by atoms with van der Waals surface area (Å²) in [6.45, 7) is 6.62. The molecule has 21 heavy (non-hydrogen) atoms. The molecule has 0 aromatic heterocycles. The van der Waals surface area contributed by atoms with Crippen molar-refractivity contribution in [3.05, 3.63) is 0 Å². The molecule has 0 saturated heterocycles. The first kappa shape index (κ1) is 18.4. The van der Waals surface area contributed by atoms with E-state index in [-0.39, 0.29) is 30.3 Å². The highest BCUT2D eigenvalue weighted by molar-refractivity contribution is 7.89. The van der Waals surface area contributed by atoms with Crippen molar-refractivity contribution < 1.29 is 18.3 Å². The van der Waals surface area contributed by atoms with Gasteiger partial charge in [0.25, 0.3) is 0 Å². The SMILES string of the molecule is CCCC(C)CS(=O)(=O)NC1CC(N(CC)CC(=O)O)C1. The molecule has 1 aliphatic carbocycles. The van der Waals surface area contributed by atoms with Crippen LogP contribution in [0, 0.1) is 5.92 Å². The molecule has 1 fully saturated rings. The fraction of sp³-hybridized carbons (Fsp3) is 0.929. The van der Waals surface area contributed by atoms with Gasteiger partial charge in [-0.25, -0.2) is 13.1 Å². The zero-order valence-electron chi connectivity index (χ0n) is 13.2. The molecule has 0 aromatic carbocycles. The first-order valence-electron chi connectivity index (χ1n) is 7.73. The summed E-state index contributed by atoms with van der Waals surface area (Å²) >= 11 is 0. The molecule has 0 aliphatic heterocycles. The molecule has 0 spiro atoms. The molecule has 0 aromatic rings. The van der Waals surface area contributed by atoms with Crippen LogP contribution in [0.1, 0.15) is 46.5 Å². The van der Waals surface area contributed by atoms with E-state index in [2.05, 4.69) is 11.6 Å². The monoisotopic (exact) mass is 320 g/mol. The second kappa shape index (κ2) is 8.10. The van der Waals surface area contributed by atoms with Gasteiger partial charge in [-0.15, -0.1) is 0 Å². The second-order valence-corrected chi connectivity index (χ2v) is 7.87. The summed E-state index contributed by atoms with van der Waals surface area (Å²) in [5.41, 5.74) is 0. The van der Waals surface area contributed by atoms with Gasteiger partial charge in [0.2, 0.25) is 10.0 Å². The van der Waals surface area contributed by atoms with E-state index < -0.39 is 16.0 Å². The van der Waals surface area contributed by atoms with Crippen LogP contribution < -0.4 is 4.72 Å². The van der Waals surface area contributed by atoms with Crippen LogP contribution in [0.2, 0.25) is 0 Å². The lowest BCUT2D eigenvalue weighted by atomic mass is 9.86. The number of carboxylic acids is 1. The molecule has 2 N–H and O–H groups in total. The number of sulfonamides is 1. The molecular weight excluding hydrogens is 292 g/mol. The summed E-state index contributed by atoms with van der Waals surface area (Å²) in [6, 6.07) is 0.128. The summed E-state index contributed by atoms with van der Waals surface area (Å²) in [6.07, 6.45) is 3.30. The predicted molar refractivity (Wildman–Crippen MR) is 82.7 cm³/mol. The maximum absolute atomic E-state index is 12.0. The number of likely N-dealkylation sites (N-methyl/N-ethyl adjacent to an activating group) is 1. The van der Waals surface area contributed by atoms with E-state index in [4.69, 9.17) is 5.11 Å². The lowest BCUT2D eigenvalue weighted by Crippen LogP contribution is -2.55. The summed E-state index contributed by atoms with van der Waals surface area (Å²) in [7, 11) is -3.23. The molecule has 6 nitrogen and oxygen atoms in total. The van der Waals surface area contributed by atoms with Gasteiger partial charge in [0, 0.05) is 12.1 Å².